The first kappa shape index (κ1) is 15.2. The molecule has 1 aromatic rings. The van der Waals surface area contributed by atoms with Crippen LogP contribution in [0.3, 0.4) is 0 Å². The summed E-state index contributed by atoms with van der Waals surface area (Å²) < 4.78 is 30.7. The van der Waals surface area contributed by atoms with E-state index in [1.807, 2.05) is 0 Å². The van der Waals surface area contributed by atoms with E-state index in [0.29, 0.717) is 5.92 Å². The molecular formula is C16H22N2O4S. The van der Waals surface area contributed by atoms with Gasteiger partial charge in [0.25, 0.3) is 15.9 Å². The second-order valence-electron chi connectivity index (χ2n) is 7.06. The van der Waals surface area contributed by atoms with Gasteiger partial charge in [0.15, 0.2) is 5.76 Å². The highest BCUT2D eigenvalue weighted by Gasteiger charge is 2.54. The molecule has 6 nitrogen and oxygen atoms in total. The molecule has 0 aliphatic heterocycles. The van der Waals surface area contributed by atoms with Gasteiger partial charge in [-0.2, -0.15) is 0 Å². The van der Waals surface area contributed by atoms with Crippen molar-refractivity contribution in [1.29, 1.82) is 0 Å². The topological polar surface area (TPSA) is 88.4 Å². The van der Waals surface area contributed by atoms with E-state index in [1.165, 1.54) is 44.9 Å². The van der Waals surface area contributed by atoms with Crippen molar-refractivity contribution >= 4 is 15.9 Å². The fraction of sp³-hybridized carbons (Fsp3) is 0.688. The van der Waals surface area contributed by atoms with E-state index in [2.05, 4.69) is 10.0 Å². The van der Waals surface area contributed by atoms with Crippen LogP contribution < -0.4 is 10.0 Å². The molecule has 5 atom stereocenters. The third-order valence-electron chi connectivity index (χ3n) is 6.08. The van der Waals surface area contributed by atoms with Crippen molar-refractivity contribution in [2.75, 3.05) is 7.05 Å². The summed E-state index contributed by atoms with van der Waals surface area (Å²) >= 11 is 0. The van der Waals surface area contributed by atoms with Crippen LogP contribution in [0.5, 0.6) is 0 Å². The zero-order valence-corrected chi connectivity index (χ0v) is 13.9. The normalized spacial score (nSPS) is 35.4. The summed E-state index contributed by atoms with van der Waals surface area (Å²) in [5.41, 5.74) is 0. The van der Waals surface area contributed by atoms with Gasteiger partial charge in [0.2, 0.25) is 5.09 Å². The lowest BCUT2D eigenvalue weighted by molar-refractivity contribution is 0.0867. The molecule has 3 fully saturated rings. The van der Waals surface area contributed by atoms with Crippen molar-refractivity contribution < 1.29 is 17.6 Å². The third-order valence-corrected chi connectivity index (χ3v) is 7.37. The monoisotopic (exact) mass is 338 g/mol. The van der Waals surface area contributed by atoms with Crippen molar-refractivity contribution in [3.63, 3.8) is 0 Å². The molecule has 7 heteroatoms. The van der Waals surface area contributed by atoms with E-state index in [1.54, 1.807) is 0 Å². The summed E-state index contributed by atoms with van der Waals surface area (Å²) in [5, 5.41) is 2.85. The Bertz CT molecular complexity index is 726. The Morgan fingerprint density at radius 3 is 2.74 bits per heavy atom. The van der Waals surface area contributed by atoms with Gasteiger partial charge in [-0.15, -0.1) is 0 Å². The van der Waals surface area contributed by atoms with E-state index in [9.17, 15) is 13.2 Å². The van der Waals surface area contributed by atoms with Gasteiger partial charge in [-0.1, -0.05) is 6.42 Å². The first-order valence-electron chi connectivity index (χ1n) is 8.34. The molecule has 1 amide bonds. The standard InChI is InChI=1S/C16H22N2O4S/c1-17-23(20,21)15-6-5-14(22-15)16(19)18-13-8-9-7-12(13)11-4-2-3-10(9)11/h5-6,9-13,17H,2-4,7-8H2,1H3,(H,18,19)/t9-,10+,11+,12+,13-/m1/s1. The number of hydrogen-bond acceptors (Lipinski definition) is 4. The van der Waals surface area contributed by atoms with Gasteiger partial charge in [-0.25, -0.2) is 13.1 Å². The predicted molar refractivity (Wildman–Crippen MR) is 83.3 cm³/mol. The van der Waals surface area contributed by atoms with Gasteiger partial charge in [0.1, 0.15) is 0 Å². The molecular weight excluding hydrogens is 316 g/mol. The molecule has 3 saturated carbocycles. The van der Waals surface area contributed by atoms with Crippen LogP contribution >= 0.6 is 0 Å². The number of hydrogen-bond donors (Lipinski definition) is 2. The molecule has 1 aromatic heterocycles. The fourth-order valence-corrected chi connectivity index (χ4v) is 5.81. The third kappa shape index (κ3) is 2.41. The molecule has 1 heterocycles. The lowest BCUT2D eigenvalue weighted by atomic mass is 9.79. The molecule has 0 unspecified atom stereocenters. The smallest absolute Gasteiger partial charge is 0.287 e. The van der Waals surface area contributed by atoms with Crippen LogP contribution in [-0.2, 0) is 10.0 Å². The molecule has 3 aliphatic rings. The number of sulfonamides is 1. The van der Waals surface area contributed by atoms with Gasteiger partial charge in [-0.05, 0) is 68.5 Å². The SMILES string of the molecule is CNS(=O)(=O)c1ccc(C(=O)N[C@@H]2C[C@H]3C[C@H]2[C@H]2CCC[C@@H]32)o1. The molecule has 3 aliphatic carbocycles. The zero-order chi connectivity index (χ0) is 16.2. The van der Waals surface area contributed by atoms with Crippen LogP contribution in [0.1, 0.15) is 42.7 Å². The summed E-state index contributed by atoms with van der Waals surface area (Å²) in [7, 11) is -2.34. The second-order valence-corrected chi connectivity index (χ2v) is 8.88. The van der Waals surface area contributed by atoms with E-state index >= 15 is 0 Å². The van der Waals surface area contributed by atoms with E-state index in [4.69, 9.17) is 4.42 Å². The Kier molecular flexibility index (Phi) is 3.53. The molecule has 4 rings (SSSR count). The van der Waals surface area contributed by atoms with E-state index < -0.39 is 10.0 Å². The number of amides is 1. The number of rotatable bonds is 4. The first-order valence-corrected chi connectivity index (χ1v) is 9.82. The molecule has 0 saturated heterocycles. The maximum absolute atomic E-state index is 12.4. The molecule has 0 spiro atoms. The van der Waals surface area contributed by atoms with Gasteiger partial charge in [0, 0.05) is 6.04 Å². The number of nitrogens with one attached hydrogen (secondary N) is 2. The summed E-state index contributed by atoms with van der Waals surface area (Å²) in [4.78, 5) is 12.4. The Balaban J connectivity index is 1.45. The molecule has 126 valence electrons. The van der Waals surface area contributed by atoms with Crippen molar-refractivity contribution in [2.24, 2.45) is 23.7 Å². The molecule has 0 aromatic carbocycles. The molecule has 2 N–H and O–H groups in total. The Labute approximate surface area is 136 Å². The van der Waals surface area contributed by atoms with Crippen LogP contribution in [0.25, 0.3) is 0 Å². The highest BCUT2D eigenvalue weighted by molar-refractivity contribution is 7.89. The van der Waals surface area contributed by atoms with Gasteiger partial charge < -0.3 is 9.73 Å². The minimum absolute atomic E-state index is 0.0598. The zero-order valence-electron chi connectivity index (χ0n) is 13.1. The minimum atomic E-state index is -3.65. The van der Waals surface area contributed by atoms with Gasteiger partial charge in [-0.3, -0.25) is 4.79 Å². The Morgan fingerprint density at radius 1 is 1.17 bits per heavy atom. The van der Waals surface area contributed by atoms with Crippen LogP contribution in [0, 0.1) is 23.7 Å². The summed E-state index contributed by atoms with van der Waals surface area (Å²) in [6.45, 7) is 0. The summed E-state index contributed by atoms with van der Waals surface area (Å²) in [6.07, 6.45) is 6.27. The second kappa shape index (κ2) is 5.34. The largest absolute Gasteiger partial charge is 0.438 e. The maximum Gasteiger partial charge on any atom is 0.287 e. The first-order chi connectivity index (χ1) is 11.0. The average Bonchev–Trinajstić information content (AvgIpc) is 3.27. The van der Waals surface area contributed by atoms with Gasteiger partial charge in [0.05, 0.1) is 0 Å². The van der Waals surface area contributed by atoms with Gasteiger partial charge >= 0.3 is 0 Å². The quantitative estimate of drug-likeness (QED) is 0.875. The van der Waals surface area contributed by atoms with Crippen LogP contribution in [-0.4, -0.2) is 27.4 Å². The van der Waals surface area contributed by atoms with E-state index in [0.717, 1.165) is 24.2 Å². The number of carbonyl (C=O) groups is 1. The summed E-state index contributed by atoms with van der Waals surface area (Å²) in [6, 6.07) is 2.95. The molecule has 23 heavy (non-hydrogen) atoms. The van der Waals surface area contributed by atoms with Crippen molar-refractivity contribution in [1.82, 2.24) is 10.0 Å². The number of furan rings is 1. The minimum Gasteiger partial charge on any atom is -0.438 e. The number of carbonyl (C=O) groups excluding carboxylic acids is 1. The highest BCUT2D eigenvalue weighted by Crippen LogP contribution is 2.58. The fourth-order valence-electron chi connectivity index (χ4n) is 5.16. The number of fused-ring (bicyclic) bond motifs is 5. The van der Waals surface area contributed by atoms with Crippen LogP contribution in [0.2, 0.25) is 0 Å². The summed E-state index contributed by atoms with van der Waals surface area (Å²) in [5.74, 6) is 2.75. The van der Waals surface area contributed by atoms with Crippen LogP contribution in [0.15, 0.2) is 21.6 Å². The van der Waals surface area contributed by atoms with Crippen molar-refractivity contribution in [2.45, 2.75) is 43.2 Å². The maximum atomic E-state index is 12.4. The van der Waals surface area contributed by atoms with Crippen molar-refractivity contribution in [3.8, 4) is 0 Å². The van der Waals surface area contributed by atoms with Crippen LogP contribution in [0.4, 0.5) is 0 Å². The van der Waals surface area contributed by atoms with E-state index in [-0.39, 0.29) is 22.8 Å². The lowest BCUT2D eigenvalue weighted by Gasteiger charge is -2.31. The lowest BCUT2D eigenvalue weighted by Crippen LogP contribution is -2.42. The Hall–Kier alpha value is -1.34. The molecule has 2 bridgehead atoms. The predicted octanol–water partition coefficient (Wildman–Crippen LogP) is 1.74. The van der Waals surface area contributed by atoms with Crippen molar-refractivity contribution in [3.05, 3.63) is 17.9 Å². The molecule has 0 radical (unpaired) electrons. The Morgan fingerprint density at radius 2 is 1.96 bits per heavy atom. The highest BCUT2D eigenvalue weighted by atomic mass is 32.2. The average molecular weight is 338 g/mol.